The topological polar surface area (TPSA) is 63.9 Å². The smallest absolute Gasteiger partial charge is 0.340 e. The molecule has 6 nitrogen and oxygen atoms in total. The molecule has 0 fully saturated rings. The molecule has 0 aliphatic heterocycles. The molecule has 3 rings (SSSR count). The van der Waals surface area contributed by atoms with Crippen LogP contribution in [0.2, 0.25) is 0 Å². The van der Waals surface area contributed by atoms with Crippen LogP contribution < -0.4 is 10.5 Å². The molecule has 0 unspecified atom stereocenters. The first-order chi connectivity index (χ1) is 13.5. The predicted molar refractivity (Wildman–Crippen MR) is 113 cm³/mol. The van der Waals surface area contributed by atoms with Crippen molar-refractivity contribution >= 4 is 34.7 Å². The molecule has 0 saturated heterocycles. The number of aromatic nitrogens is 1. The Morgan fingerprint density at radius 3 is 2.39 bits per heavy atom. The van der Waals surface area contributed by atoms with E-state index in [1.165, 1.54) is 19.5 Å². The lowest BCUT2D eigenvalue weighted by molar-refractivity contribution is 0.0602. The van der Waals surface area contributed by atoms with Gasteiger partial charge in [0.15, 0.2) is 0 Å². The first-order valence-electron chi connectivity index (χ1n) is 8.72. The minimum atomic E-state index is -0.517. The molecule has 0 atom stereocenters. The lowest BCUT2D eigenvalue weighted by Crippen LogP contribution is -2.19. The molecular weight excluding hydrogens is 354 g/mol. The number of anilines is 1. The van der Waals surface area contributed by atoms with E-state index in [1.54, 1.807) is 30.3 Å². The van der Waals surface area contributed by atoms with E-state index in [1.807, 2.05) is 49.3 Å². The van der Waals surface area contributed by atoms with Gasteiger partial charge in [0.05, 0.1) is 12.7 Å². The maximum absolute atomic E-state index is 12.6. The van der Waals surface area contributed by atoms with Crippen LogP contribution >= 0.6 is 0 Å². The van der Waals surface area contributed by atoms with E-state index in [9.17, 15) is 9.59 Å². The van der Waals surface area contributed by atoms with Crippen molar-refractivity contribution in [1.82, 2.24) is 4.68 Å². The summed E-state index contributed by atoms with van der Waals surface area (Å²) in [6.45, 7) is 0. The van der Waals surface area contributed by atoms with Gasteiger partial charge in [-0.25, -0.2) is 9.47 Å². The average molecular weight is 375 g/mol. The third-order valence-electron chi connectivity index (χ3n) is 4.29. The molecule has 6 heteroatoms. The van der Waals surface area contributed by atoms with Gasteiger partial charge in [-0.1, -0.05) is 36.4 Å². The fourth-order valence-electron chi connectivity index (χ4n) is 2.78. The van der Waals surface area contributed by atoms with Crippen LogP contribution in [-0.4, -0.2) is 38.1 Å². The standard InChI is InChI=1S/C22H21N3O3/c1-24(2)17-12-10-16(11-13-17)7-6-14-23-25-15-20(22(27)28-3)18-8-4-5-9-19(18)21(25)26/h4-15H,1-3H3/b7-6+,23-14+. The molecule has 0 radical (unpaired) electrons. The predicted octanol–water partition coefficient (Wildman–Crippen LogP) is 3.40. The van der Waals surface area contributed by atoms with Gasteiger partial charge in [0.25, 0.3) is 5.56 Å². The van der Waals surface area contributed by atoms with Crippen molar-refractivity contribution in [2.75, 3.05) is 26.1 Å². The second kappa shape index (κ2) is 8.35. The number of nitrogens with zero attached hydrogens (tertiary/aromatic N) is 3. The Hall–Kier alpha value is -3.67. The Morgan fingerprint density at radius 1 is 1.07 bits per heavy atom. The lowest BCUT2D eigenvalue weighted by Gasteiger charge is -2.11. The van der Waals surface area contributed by atoms with Gasteiger partial charge in [0.1, 0.15) is 0 Å². The highest BCUT2D eigenvalue weighted by Crippen LogP contribution is 2.16. The monoisotopic (exact) mass is 375 g/mol. The normalized spacial score (nSPS) is 11.4. The Kier molecular flexibility index (Phi) is 5.69. The number of ether oxygens (including phenoxy) is 1. The molecular formula is C22H21N3O3. The van der Waals surface area contributed by atoms with Crippen LogP contribution in [0.1, 0.15) is 15.9 Å². The molecule has 28 heavy (non-hydrogen) atoms. The Bertz CT molecular complexity index is 1110. The summed E-state index contributed by atoms with van der Waals surface area (Å²) in [6, 6.07) is 14.9. The largest absolute Gasteiger partial charge is 0.465 e. The van der Waals surface area contributed by atoms with Crippen molar-refractivity contribution in [1.29, 1.82) is 0 Å². The highest BCUT2D eigenvalue weighted by Gasteiger charge is 2.14. The van der Waals surface area contributed by atoms with Crippen molar-refractivity contribution < 1.29 is 9.53 Å². The van der Waals surface area contributed by atoms with E-state index in [0.717, 1.165) is 15.9 Å². The molecule has 0 N–H and O–H groups in total. The first kappa shape index (κ1) is 19.1. The quantitative estimate of drug-likeness (QED) is 0.506. The fraction of sp³-hybridized carbons (Fsp3) is 0.136. The maximum Gasteiger partial charge on any atom is 0.340 e. The molecule has 1 aromatic heterocycles. The second-order valence-corrected chi connectivity index (χ2v) is 6.34. The summed E-state index contributed by atoms with van der Waals surface area (Å²) in [5.41, 5.74) is 2.11. The number of rotatable bonds is 5. The van der Waals surface area contributed by atoms with Crippen molar-refractivity contribution in [3.8, 4) is 0 Å². The van der Waals surface area contributed by atoms with E-state index >= 15 is 0 Å². The van der Waals surface area contributed by atoms with Gasteiger partial charge in [-0.3, -0.25) is 4.79 Å². The summed E-state index contributed by atoms with van der Waals surface area (Å²) in [6.07, 6.45) is 6.53. The van der Waals surface area contributed by atoms with Crippen molar-refractivity contribution in [3.05, 3.63) is 82.3 Å². The Balaban J connectivity index is 1.90. The van der Waals surface area contributed by atoms with E-state index in [-0.39, 0.29) is 11.1 Å². The SMILES string of the molecule is COC(=O)c1cn(/N=C/C=C/c2ccc(N(C)C)cc2)c(=O)c2ccccc12. The summed E-state index contributed by atoms with van der Waals surface area (Å²) >= 11 is 0. The summed E-state index contributed by atoms with van der Waals surface area (Å²) in [5.74, 6) is -0.517. The molecule has 0 aliphatic rings. The van der Waals surface area contributed by atoms with Gasteiger partial charge in [0, 0.05) is 43.0 Å². The van der Waals surface area contributed by atoms with E-state index in [4.69, 9.17) is 4.74 Å². The zero-order valence-corrected chi connectivity index (χ0v) is 16.0. The van der Waals surface area contributed by atoms with Gasteiger partial charge in [-0.05, 0) is 29.8 Å². The summed E-state index contributed by atoms with van der Waals surface area (Å²) in [7, 11) is 5.28. The van der Waals surface area contributed by atoms with Crippen LogP contribution in [0, 0.1) is 0 Å². The minimum Gasteiger partial charge on any atom is -0.465 e. The van der Waals surface area contributed by atoms with Gasteiger partial charge < -0.3 is 9.64 Å². The summed E-state index contributed by atoms with van der Waals surface area (Å²) in [5, 5.41) is 5.12. The number of methoxy groups -OCH3 is 1. The first-order valence-corrected chi connectivity index (χ1v) is 8.72. The highest BCUT2D eigenvalue weighted by molar-refractivity contribution is 6.03. The summed E-state index contributed by atoms with van der Waals surface area (Å²) in [4.78, 5) is 26.7. The lowest BCUT2D eigenvalue weighted by atomic mass is 10.1. The van der Waals surface area contributed by atoms with Gasteiger partial charge in [-0.2, -0.15) is 5.10 Å². The van der Waals surface area contributed by atoms with Gasteiger partial charge in [-0.15, -0.1) is 0 Å². The Morgan fingerprint density at radius 2 is 1.75 bits per heavy atom. The summed E-state index contributed by atoms with van der Waals surface area (Å²) < 4.78 is 5.97. The number of pyridine rings is 1. The third-order valence-corrected chi connectivity index (χ3v) is 4.29. The van der Waals surface area contributed by atoms with Crippen LogP contribution in [0.25, 0.3) is 16.8 Å². The number of esters is 1. The van der Waals surface area contributed by atoms with E-state index < -0.39 is 5.97 Å². The number of allylic oxidation sites excluding steroid dienone is 1. The second-order valence-electron chi connectivity index (χ2n) is 6.34. The van der Waals surface area contributed by atoms with Gasteiger partial charge >= 0.3 is 5.97 Å². The van der Waals surface area contributed by atoms with Gasteiger partial charge in [0.2, 0.25) is 0 Å². The van der Waals surface area contributed by atoms with Crippen LogP contribution in [-0.2, 0) is 4.74 Å². The van der Waals surface area contributed by atoms with Crippen LogP contribution in [0.3, 0.4) is 0 Å². The number of fused-ring (bicyclic) bond motifs is 1. The molecule has 0 bridgehead atoms. The highest BCUT2D eigenvalue weighted by atomic mass is 16.5. The van der Waals surface area contributed by atoms with Crippen molar-refractivity contribution in [2.45, 2.75) is 0 Å². The van der Waals surface area contributed by atoms with Crippen molar-refractivity contribution in [3.63, 3.8) is 0 Å². The van der Waals surface area contributed by atoms with Crippen LogP contribution in [0.15, 0.2) is 70.7 Å². The molecule has 0 saturated carbocycles. The number of carbonyl (C=O) groups is 1. The molecule has 0 aliphatic carbocycles. The van der Waals surface area contributed by atoms with Crippen LogP contribution in [0.4, 0.5) is 5.69 Å². The zero-order valence-electron chi connectivity index (χ0n) is 16.0. The van der Waals surface area contributed by atoms with Crippen LogP contribution in [0.5, 0.6) is 0 Å². The molecule has 142 valence electrons. The van der Waals surface area contributed by atoms with E-state index in [2.05, 4.69) is 5.10 Å². The molecule has 2 aromatic carbocycles. The Labute approximate surface area is 163 Å². The minimum absolute atomic E-state index is 0.290. The van der Waals surface area contributed by atoms with Crippen molar-refractivity contribution in [2.24, 2.45) is 5.10 Å². The number of hydrogen-bond donors (Lipinski definition) is 0. The molecule has 1 heterocycles. The third kappa shape index (κ3) is 4.01. The average Bonchev–Trinajstić information content (AvgIpc) is 2.72. The number of hydrogen-bond acceptors (Lipinski definition) is 5. The molecule has 3 aromatic rings. The molecule has 0 spiro atoms. The maximum atomic E-state index is 12.6. The number of carbonyl (C=O) groups excluding carboxylic acids is 1. The molecule has 0 amide bonds. The number of benzene rings is 2. The van der Waals surface area contributed by atoms with E-state index in [0.29, 0.717) is 10.8 Å². The fourth-order valence-corrected chi connectivity index (χ4v) is 2.78. The zero-order chi connectivity index (χ0) is 20.1.